The van der Waals surface area contributed by atoms with Crippen LogP contribution >= 0.6 is 0 Å². The molecule has 2 rings (SSSR count). The highest BCUT2D eigenvalue weighted by atomic mass is 32.2. The van der Waals surface area contributed by atoms with E-state index >= 15 is 0 Å². The lowest BCUT2D eigenvalue weighted by atomic mass is 9.98. The molecule has 2 aromatic carbocycles. The van der Waals surface area contributed by atoms with Crippen LogP contribution in [0.4, 0.5) is 5.69 Å². The molecular weight excluding hydrogens is 428 g/mol. The minimum Gasteiger partial charge on any atom is -0.449 e. The summed E-state index contributed by atoms with van der Waals surface area (Å²) in [6.07, 6.45) is -1.06. The van der Waals surface area contributed by atoms with Gasteiger partial charge in [-0.2, -0.15) is 4.31 Å². The maximum absolute atomic E-state index is 12.7. The predicted octanol–water partition coefficient (Wildman–Crippen LogP) is 4.33. The van der Waals surface area contributed by atoms with Crippen molar-refractivity contribution < 1.29 is 22.7 Å². The third-order valence-corrected chi connectivity index (χ3v) is 7.29. The number of hydrogen-bond donors (Lipinski definition) is 1. The van der Waals surface area contributed by atoms with Crippen LogP contribution in [-0.4, -0.2) is 43.8 Å². The summed E-state index contributed by atoms with van der Waals surface area (Å²) < 4.78 is 32.1. The second kappa shape index (κ2) is 10.7. The highest BCUT2D eigenvalue weighted by Crippen LogP contribution is 2.27. The summed E-state index contributed by atoms with van der Waals surface area (Å²) in [6, 6.07) is 11.5. The van der Waals surface area contributed by atoms with Crippen LogP contribution < -0.4 is 5.32 Å². The Kier molecular flexibility index (Phi) is 8.58. The van der Waals surface area contributed by atoms with E-state index < -0.39 is 28.0 Å². The molecule has 0 fully saturated rings. The largest absolute Gasteiger partial charge is 0.449 e. The number of para-hydroxylation sites is 1. The molecule has 0 spiro atoms. The summed E-state index contributed by atoms with van der Waals surface area (Å²) in [5.74, 6) is -1.02. The van der Waals surface area contributed by atoms with Crippen molar-refractivity contribution >= 4 is 27.6 Å². The van der Waals surface area contributed by atoms with E-state index in [1.165, 1.54) is 35.5 Å². The van der Waals surface area contributed by atoms with Gasteiger partial charge >= 0.3 is 5.97 Å². The van der Waals surface area contributed by atoms with Gasteiger partial charge in [-0.25, -0.2) is 13.2 Å². The van der Waals surface area contributed by atoms with Crippen molar-refractivity contribution in [1.29, 1.82) is 0 Å². The molecule has 0 aromatic heterocycles. The second-order valence-electron chi connectivity index (χ2n) is 7.85. The average molecular weight is 461 g/mol. The monoisotopic (exact) mass is 460 g/mol. The molecule has 32 heavy (non-hydrogen) atoms. The molecule has 7 nitrogen and oxygen atoms in total. The van der Waals surface area contributed by atoms with Gasteiger partial charge in [-0.05, 0) is 49.1 Å². The molecule has 1 atom stereocenters. The number of hydrogen-bond acceptors (Lipinski definition) is 5. The van der Waals surface area contributed by atoms with Gasteiger partial charge < -0.3 is 10.1 Å². The molecule has 0 aliphatic heterocycles. The Labute approximate surface area is 190 Å². The van der Waals surface area contributed by atoms with E-state index in [2.05, 4.69) is 5.32 Å². The van der Waals surface area contributed by atoms with Crippen molar-refractivity contribution in [1.82, 2.24) is 4.31 Å². The lowest BCUT2D eigenvalue weighted by molar-refractivity contribution is -0.123. The normalized spacial score (nSPS) is 12.6. The third-order valence-electron chi connectivity index (χ3n) is 5.24. The number of aryl methyl sites for hydroxylation is 1. The number of nitrogens with one attached hydrogen (secondary N) is 1. The molecule has 8 heteroatoms. The number of amides is 1. The van der Waals surface area contributed by atoms with E-state index in [1.54, 1.807) is 13.8 Å². The summed E-state index contributed by atoms with van der Waals surface area (Å²) in [5, 5.41) is 2.86. The maximum Gasteiger partial charge on any atom is 0.338 e. The van der Waals surface area contributed by atoms with Crippen LogP contribution in [0.3, 0.4) is 0 Å². The first-order chi connectivity index (χ1) is 15.0. The molecule has 174 valence electrons. The fourth-order valence-electron chi connectivity index (χ4n) is 3.35. The minimum atomic E-state index is -3.71. The highest BCUT2D eigenvalue weighted by molar-refractivity contribution is 7.89. The first-order valence-electron chi connectivity index (χ1n) is 10.7. The summed E-state index contributed by atoms with van der Waals surface area (Å²) in [4.78, 5) is 25.3. The predicted molar refractivity (Wildman–Crippen MR) is 125 cm³/mol. The Bertz CT molecular complexity index is 1080. The van der Waals surface area contributed by atoms with Crippen molar-refractivity contribution in [2.24, 2.45) is 0 Å². The van der Waals surface area contributed by atoms with Crippen LogP contribution in [0.15, 0.2) is 47.4 Å². The highest BCUT2D eigenvalue weighted by Gasteiger charge is 2.25. The summed E-state index contributed by atoms with van der Waals surface area (Å²) in [5.41, 5.74) is 2.68. The smallest absolute Gasteiger partial charge is 0.338 e. The molecule has 0 heterocycles. The van der Waals surface area contributed by atoms with E-state index in [4.69, 9.17) is 4.74 Å². The number of esters is 1. The summed E-state index contributed by atoms with van der Waals surface area (Å²) in [7, 11) is -3.71. The molecule has 0 saturated heterocycles. The number of benzene rings is 2. The molecule has 0 aliphatic carbocycles. The van der Waals surface area contributed by atoms with Crippen molar-refractivity contribution in [3.63, 3.8) is 0 Å². The standard InChI is InChI=1S/C24H32N2O5S/c1-7-26(8-2)32(29,30)20-13-10-12-19(15-20)24(28)31-18(6)23(27)25-22-17(5)11-9-14-21(22)16(3)4/h9-16,18H,7-8H2,1-6H3,(H,25,27). The van der Waals surface area contributed by atoms with Gasteiger partial charge in [0.25, 0.3) is 5.91 Å². The fraction of sp³-hybridized carbons (Fsp3) is 0.417. The van der Waals surface area contributed by atoms with Crippen molar-refractivity contribution in [3.8, 4) is 0 Å². The molecule has 1 amide bonds. The van der Waals surface area contributed by atoms with E-state index in [0.29, 0.717) is 18.8 Å². The van der Waals surface area contributed by atoms with Crippen molar-refractivity contribution in [2.45, 2.75) is 58.5 Å². The van der Waals surface area contributed by atoms with Gasteiger partial charge in [-0.3, -0.25) is 4.79 Å². The Balaban J connectivity index is 2.18. The first kappa shape index (κ1) is 25.5. The first-order valence-corrected chi connectivity index (χ1v) is 12.2. The molecule has 1 N–H and O–H groups in total. The van der Waals surface area contributed by atoms with Crippen LogP contribution in [-0.2, 0) is 19.6 Å². The number of carbonyl (C=O) groups is 2. The lowest BCUT2D eigenvalue weighted by Gasteiger charge is -2.20. The van der Waals surface area contributed by atoms with E-state index in [9.17, 15) is 18.0 Å². The number of nitrogens with zero attached hydrogens (tertiary/aromatic N) is 1. The summed E-state index contributed by atoms with van der Waals surface area (Å²) >= 11 is 0. The van der Waals surface area contributed by atoms with Crippen LogP contribution in [0.2, 0.25) is 0 Å². The Morgan fingerprint density at radius 1 is 1.03 bits per heavy atom. The third kappa shape index (κ3) is 5.75. The van der Waals surface area contributed by atoms with Gasteiger partial charge in [-0.15, -0.1) is 0 Å². The van der Waals surface area contributed by atoms with Gasteiger partial charge in [0.2, 0.25) is 10.0 Å². The molecule has 0 aliphatic rings. The molecule has 0 radical (unpaired) electrons. The number of ether oxygens (including phenoxy) is 1. The van der Waals surface area contributed by atoms with Crippen LogP contribution in [0, 0.1) is 6.92 Å². The van der Waals surface area contributed by atoms with Gasteiger partial charge in [0, 0.05) is 18.8 Å². The number of carbonyl (C=O) groups excluding carboxylic acids is 2. The van der Waals surface area contributed by atoms with Crippen molar-refractivity contribution in [2.75, 3.05) is 18.4 Å². The molecular formula is C24H32N2O5S. The van der Waals surface area contributed by atoms with Gasteiger partial charge in [0.1, 0.15) is 0 Å². The molecule has 0 saturated carbocycles. The topological polar surface area (TPSA) is 92.8 Å². The van der Waals surface area contributed by atoms with E-state index in [0.717, 1.165) is 11.1 Å². The molecule has 0 bridgehead atoms. The van der Waals surface area contributed by atoms with Crippen molar-refractivity contribution in [3.05, 3.63) is 59.2 Å². The molecule has 1 unspecified atom stereocenters. The average Bonchev–Trinajstić information content (AvgIpc) is 2.75. The van der Waals surface area contributed by atoms with E-state index in [1.807, 2.05) is 39.0 Å². The zero-order valence-electron chi connectivity index (χ0n) is 19.5. The second-order valence-corrected chi connectivity index (χ2v) is 9.79. The SMILES string of the molecule is CCN(CC)S(=O)(=O)c1cccc(C(=O)OC(C)C(=O)Nc2c(C)cccc2C(C)C)c1. The molecule has 2 aromatic rings. The zero-order chi connectivity index (χ0) is 24.1. The van der Waals surface area contributed by atoms with Crippen LogP contribution in [0.25, 0.3) is 0 Å². The fourth-order valence-corrected chi connectivity index (χ4v) is 4.85. The Morgan fingerprint density at radius 2 is 1.66 bits per heavy atom. The maximum atomic E-state index is 12.7. The number of anilines is 1. The van der Waals surface area contributed by atoms with E-state index in [-0.39, 0.29) is 16.4 Å². The van der Waals surface area contributed by atoms with Gasteiger partial charge in [-0.1, -0.05) is 52.0 Å². The Morgan fingerprint density at radius 3 is 2.25 bits per heavy atom. The number of rotatable bonds is 9. The van der Waals surface area contributed by atoms with Crippen LogP contribution in [0.5, 0.6) is 0 Å². The Hall–Kier alpha value is -2.71. The van der Waals surface area contributed by atoms with Crippen LogP contribution in [0.1, 0.15) is 62.0 Å². The summed E-state index contributed by atoms with van der Waals surface area (Å²) in [6.45, 7) is 11.6. The van der Waals surface area contributed by atoms with Gasteiger partial charge in [0.05, 0.1) is 10.5 Å². The minimum absolute atomic E-state index is 0.00856. The lowest BCUT2D eigenvalue weighted by Crippen LogP contribution is -2.31. The zero-order valence-corrected chi connectivity index (χ0v) is 20.3. The van der Waals surface area contributed by atoms with Gasteiger partial charge in [0.15, 0.2) is 6.10 Å². The number of sulfonamides is 1. The quantitative estimate of drug-likeness (QED) is 0.562.